The lowest BCUT2D eigenvalue weighted by molar-refractivity contribution is -0.135. The summed E-state index contributed by atoms with van der Waals surface area (Å²) in [5.41, 5.74) is 0.864. The zero-order valence-electron chi connectivity index (χ0n) is 13.0. The van der Waals surface area contributed by atoms with Crippen molar-refractivity contribution in [2.24, 2.45) is 10.2 Å². The molecule has 0 atom stereocenters. The van der Waals surface area contributed by atoms with Crippen molar-refractivity contribution in [3.05, 3.63) is 57.4 Å². The fraction of sp³-hybridized carbons (Fsp3) is 0.0588. The van der Waals surface area contributed by atoms with Gasteiger partial charge in [0.05, 0.1) is 18.2 Å². The second-order valence-corrected chi connectivity index (χ2v) is 6.75. The van der Waals surface area contributed by atoms with E-state index >= 15 is 0 Å². The molecule has 0 aromatic heterocycles. The fourth-order valence-electron chi connectivity index (χ4n) is 2.13. The van der Waals surface area contributed by atoms with E-state index in [1.807, 2.05) is 36.4 Å². The highest BCUT2D eigenvalue weighted by molar-refractivity contribution is 9.10. The third kappa shape index (κ3) is 3.97. The molecule has 1 N–H and O–H groups in total. The van der Waals surface area contributed by atoms with Gasteiger partial charge in [0, 0.05) is 16.1 Å². The van der Waals surface area contributed by atoms with Crippen LogP contribution in [0.5, 0.6) is 0 Å². The van der Waals surface area contributed by atoms with Crippen molar-refractivity contribution in [2.45, 2.75) is 0 Å². The maximum absolute atomic E-state index is 11.7. The summed E-state index contributed by atoms with van der Waals surface area (Å²) >= 11 is 4.60. The van der Waals surface area contributed by atoms with Crippen LogP contribution >= 0.6 is 27.7 Å². The van der Waals surface area contributed by atoms with Gasteiger partial charge in [0.15, 0.2) is 5.17 Å². The zero-order chi connectivity index (χ0) is 17.8. The third-order valence-corrected chi connectivity index (χ3v) is 5.12. The van der Waals surface area contributed by atoms with Gasteiger partial charge in [-0.3, -0.25) is 10.1 Å². The Morgan fingerprint density at radius 1 is 1.28 bits per heavy atom. The number of nitrogens with one attached hydrogen (secondary N) is 1. The first-order valence-corrected chi connectivity index (χ1v) is 8.76. The van der Waals surface area contributed by atoms with Crippen LogP contribution in [0.15, 0.2) is 62.1 Å². The molecule has 0 radical (unpaired) electrons. The van der Waals surface area contributed by atoms with Crippen LogP contribution in [0.4, 0.5) is 0 Å². The van der Waals surface area contributed by atoms with E-state index in [1.165, 1.54) is 7.11 Å². The lowest BCUT2D eigenvalue weighted by atomic mass is 10.1. The molecule has 0 bridgehead atoms. The highest BCUT2D eigenvalue weighted by Gasteiger charge is 2.24. The van der Waals surface area contributed by atoms with Crippen LogP contribution in [0, 0.1) is 0 Å². The Morgan fingerprint density at radius 2 is 2.08 bits per heavy atom. The van der Waals surface area contributed by atoms with Gasteiger partial charge in [0.25, 0.3) is 5.91 Å². The van der Waals surface area contributed by atoms with Gasteiger partial charge in [-0.2, -0.15) is 5.10 Å². The smallest absolute Gasteiger partial charge is 0.331 e. The van der Waals surface area contributed by atoms with E-state index in [1.54, 1.807) is 6.21 Å². The summed E-state index contributed by atoms with van der Waals surface area (Å²) in [7, 11) is 1.25. The Bertz CT molecular complexity index is 953. The van der Waals surface area contributed by atoms with Gasteiger partial charge in [0.2, 0.25) is 0 Å². The van der Waals surface area contributed by atoms with E-state index in [9.17, 15) is 9.59 Å². The number of hydrogen-bond acceptors (Lipinski definition) is 6. The molecule has 1 heterocycles. The van der Waals surface area contributed by atoms with Gasteiger partial charge in [0.1, 0.15) is 0 Å². The Hall–Kier alpha value is -2.45. The molecule has 2 aromatic rings. The molecule has 2 aromatic carbocycles. The lowest BCUT2D eigenvalue weighted by Crippen LogP contribution is -2.19. The lowest BCUT2D eigenvalue weighted by Gasteiger charge is -2.03. The molecule has 0 spiro atoms. The Morgan fingerprint density at radius 3 is 2.88 bits per heavy atom. The van der Waals surface area contributed by atoms with E-state index in [0.717, 1.165) is 38.6 Å². The molecule has 0 unspecified atom stereocenters. The molecule has 1 amide bonds. The number of nitrogens with zero attached hydrogens (tertiary/aromatic N) is 2. The van der Waals surface area contributed by atoms with Crippen LogP contribution in [0.2, 0.25) is 0 Å². The summed E-state index contributed by atoms with van der Waals surface area (Å²) in [4.78, 5) is 23.1. The molecule has 3 rings (SSSR count). The number of thioether (sulfide) groups is 1. The van der Waals surface area contributed by atoms with Crippen LogP contribution in [-0.2, 0) is 14.3 Å². The van der Waals surface area contributed by atoms with Crippen LogP contribution in [0.25, 0.3) is 10.8 Å². The average molecular weight is 418 g/mol. The van der Waals surface area contributed by atoms with E-state index in [4.69, 9.17) is 0 Å². The van der Waals surface area contributed by atoms with Crippen molar-refractivity contribution in [3.63, 3.8) is 0 Å². The van der Waals surface area contributed by atoms with Crippen molar-refractivity contribution in [1.29, 1.82) is 0 Å². The van der Waals surface area contributed by atoms with Crippen molar-refractivity contribution < 1.29 is 14.3 Å². The average Bonchev–Trinajstić information content (AvgIpc) is 2.96. The third-order valence-electron chi connectivity index (χ3n) is 3.34. The van der Waals surface area contributed by atoms with Gasteiger partial charge in [-0.05, 0) is 38.5 Å². The number of carbonyl (C=O) groups excluding carboxylic acids is 2. The largest absolute Gasteiger partial charge is 0.466 e. The summed E-state index contributed by atoms with van der Waals surface area (Å²) in [5, 5.41) is 13.0. The summed E-state index contributed by atoms with van der Waals surface area (Å²) in [6.07, 6.45) is 2.71. The maximum atomic E-state index is 11.7. The van der Waals surface area contributed by atoms with Crippen molar-refractivity contribution >= 4 is 61.7 Å². The summed E-state index contributed by atoms with van der Waals surface area (Å²) in [5.74, 6) is -1.00. The molecule has 126 valence electrons. The predicted octanol–water partition coefficient (Wildman–Crippen LogP) is 3.21. The summed E-state index contributed by atoms with van der Waals surface area (Å²) in [6, 6.07) is 11.9. The summed E-state index contributed by atoms with van der Waals surface area (Å²) in [6.45, 7) is 0. The highest BCUT2D eigenvalue weighted by atomic mass is 79.9. The number of amides is 1. The van der Waals surface area contributed by atoms with Gasteiger partial charge in [-0.15, -0.1) is 5.10 Å². The van der Waals surface area contributed by atoms with Crippen LogP contribution in [-0.4, -0.2) is 30.4 Å². The molecular formula is C17H12BrN3O3S. The predicted molar refractivity (Wildman–Crippen MR) is 103 cm³/mol. The Balaban J connectivity index is 1.78. The van der Waals surface area contributed by atoms with Crippen LogP contribution in [0.1, 0.15) is 5.56 Å². The summed E-state index contributed by atoms with van der Waals surface area (Å²) < 4.78 is 5.42. The Labute approximate surface area is 156 Å². The van der Waals surface area contributed by atoms with E-state index < -0.39 is 11.9 Å². The number of rotatable bonds is 3. The molecule has 0 aliphatic carbocycles. The van der Waals surface area contributed by atoms with E-state index in [2.05, 4.69) is 36.2 Å². The molecule has 1 aliphatic heterocycles. The minimum Gasteiger partial charge on any atom is -0.466 e. The maximum Gasteiger partial charge on any atom is 0.331 e. The van der Waals surface area contributed by atoms with Gasteiger partial charge in [-0.1, -0.05) is 36.4 Å². The number of hydrogen-bond donors (Lipinski definition) is 1. The van der Waals surface area contributed by atoms with Crippen molar-refractivity contribution in [2.75, 3.05) is 7.11 Å². The van der Waals surface area contributed by atoms with E-state index in [-0.39, 0.29) is 4.91 Å². The molecule has 25 heavy (non-hydrogen) atoms. The first kappa shape index (κ1) is 17.4. The second kappa shape index (κ2) is 7.62. The number of amidine groups is 1. The number of benzene rings is 2. The fourth-order valence-corrected chi connectivity index (χ4v) is 3.47. The van der Waals surface area contributed by atoms with Crippen molar-refractivity contribution in [1.82, 2.24) is 5.32 Å². The molecule has 1 aliphatic rings. The van der Waals surface area contributed by atoms with E-state index in [0.29, 0.717) is 5.17 Å². The van der Waals surface area contributed by atoms with Crippen molar-refractivity contribution in [3.8, 4) is 0 Å². The number of fused-ring (bicyclic) bond motifs is 1. The second-order valence-electron chi connectivity index (χ2n) is 4.93. The highest BCUT2D eigenvalue weighted by Crippen LogP contribution is 2.27. The normalized spacial score (nSPS) is 17.6. The minimum atomic E-state index is -0.595. The van der Waals surface area contributed by atoms with Gasteiger partial charge < -0.3 is 4.74 Å². The first-order chi connectivity index (χ1) is 12.1. The number of esters is 1. The number of carbonyl (C=O) groups is 2. The number of ether oxygens (including phenoxy) is 1. The molecule has 1 saturated heterocycles. The number of halogens is 1. The van der Waals surface area contributed by atoms with Gasteiger partial charge >= 0.3 is 5.97 Å². The Kier molecular flexibility index (Phi) is 5.30. The molecule has 8 heteroatoms. The molecule has 0 saturated carbocycles. The zero-order valence-corrected chi connectivity index (χ0v) is 15.4. The number of methoxy groups -OCH3 is 1. The van der Waals surface area contributed by atoms with Crippen LogP contribution in [0.3, 0.4) is 0 Å². The van der Waals surface area contributed by atoms with Gasteiger partial charge in [-0.25, -0.2) is 4.79 Å². The van der Waals surface area contributed by atoms with Crippen LogP contribution < -0.4 is 5.32 Å². The minimum absolute atomic E-state index is 0.215. The standard InChI is InChI=1S/C17H12BrN3O3S/c1-24-14(22)8-13-16(23)20-17(25-13)21-19-9-11-7-6-10-4-2-3-5-12(10)15(11)18/h2-9H,1H3,(H,20,21,23)/b13-8+,19-9?. The SMILES string of the molecule is COC(=O)/C=C1/S/C(=N\N=Cc2ccc3ccccc3c2Br)NC1=O. The molecule has 6 nitrogen and oxygen atoms in total. The quantitative estimate of drug-likeness (QED) is 0.359. The molecular weight excluding hydrogens is 406 g/mol. The monoisotopic (exact) mass is 417 g/mol. The first-order valence-electron chi connectivity index (χ1n) is 7.15. The molecule has 1 fully saturated rings. The topological polar surface area (TPSA) is 80.1 Å².